The molecule has 12 heavy (non-hydrogen) atoms. The van der Waals surface area contributed by atoms with Crippen LogP contribution in [0.2, 0.25) is 0 Å². The van der Waals surface area contributed by atoms with Crippen LogP contribution < -0.4 is 18.6 Å². The standard InChI is InChI=1S/C6H14N.ClHO4/c1-6(2)5-7(6,3)4;2-1(3,4)5/h5H2,1-4H3;(H,2,3,4,5)/q+1;/p-1. The molecule has 1 aliphatic heterocycles. The Labute approximate surface area is 74.2 Å². The molecular weight excluding hydrogens is 186 g/mol. The molecule has 0 aliphatic carbocycles. The third-order valence-corrected chi connectivity index (χ3v) is 2.32. The van der Waals surface area contributed by atoms with Gasteiger partial charge in [-0.25, -0.2) is 18.6 Å². The highest BCUT2D eigenvalue weighted by atomic mass is 35.7. The summed E-state index contributed by atoms with van der Waals surface area (Å²) in [6.07, 6.45) is 0. The van der Waals surface area contributed by atoms with Gasteiger partial charge in [0.15, 0.2) is 0 Å². The molecule has 0 atom stereocenters. The molecule has 0 unspecified atom stereocenters. The second-order valence-electron chi connectivity index (χ2n) is 4.03. The van der Waals surface area contributed by atoms with Crippen molar-refractivity contribution >= 4 is 0 Å². The summed E-state index contributed by atoms with van der Waals surface area (Å²) in [5.41, 5.74) is 0.583. The Balaban J connectivity index is 0.000000217. The van der Waals surface area contributed by atoms with Gasteiger partial charge >= 0.3 is 0 Å². The third kappa shape index (κ3) is 4.87. The van der Waals surface area contributed by atoms with Crippen LogP contribution in [0.25, 0.3) is 0 Å². The molecule has 1 rings (SSSR count). The van der Waals surface area contributed by atoms with E-state index in [1.54, 1.807) is 0 Å². The lowest BCUT2D eigenvalue weighted by Crippen LogP contribution is -2.68. The third-order valence-electron chi connectivity index (χ3n) is 2.32. The molecule has 5 nitrogen and oxygen atoms in total. The second kappa shape index (κ2) is 3.10. The summed E-state index contributed by atoms with van der Waals surface area (Å²) in [6, 6.07) is 0. The lowest BCUT2D eigenvalue weighted by atomic mass is 10.2. The average molecular weight is 200 g/mol. The molecular formula is C6H14ClNO4. The zero-order valence-electron chi connectivity index (χ0n) is 7.67. The van der Waals surface area contributed by atoms with Crippen molar-refractivity contribution in [2.24, 2.45) is 0 Å². The zero-order valence-corrected chi connectivity index (χ0v) is 8.42. The first kappa shape index (κ1) is 12.1. The maximum Gasteiger partial charge on any atom is 0.143 e. The van der Waals surface area contributed by atoms with Crippen molar-refractivity contribution in [2.45, 2.75) is 19.4 Å². The summed E-state index contributed by atoms with van der Waals surface area (Å²) in [5.74, 6) is 0. The van der Waals surface area contributed by atoms with Crippen LogP contribution in [0, 0.1) is 10.2 Å². The van der Waals surface area contributed by atoms with Crippen molar-refractivity contribution in [3.63, 3.8) is 0 Å². The van der Waals surface area contributed by atoms with Crippen LogP contribution in [0.4, 0.5) is 0 Å². The fraction of sp³-hybridized carbons (Fsp3) is 1.00. The molecule has 6 heteroatoms. The van der Waals surface area contributed by atoms with Gasteiger partial charge in [-0.3, -0.25) is 0 Å². The predicted octanol–water partition coefficient (Wildman–Crippen LogP) is -3.90. The molecule has 1 saturated heterocycles. The van der Waals surface area contributed by atoms with Gasteiger partial charge in [-0.15, -0.1) is 10.2 Å². The minimum Gasteiger partial charge on any atom is -0.314 e. The van der Waals surface area contributed by atoms with E-state index in [1.165, 1.54) is 11.0 Å². The topological polar surface area (TPSA) is 92.2 Å². The first-order chi connectivity index (χ1) is 4.96. The summed E-state index contributed by atoms with van der Waals surface area (Å²) in [7, 11) is -0.417. The Morgan fingerprint density at radius 1 is 1.08 bits per heavy atom. The van der Waals surface area contributed by atoms with Gasteiger partial charge in [0, 0.05) is 0 Å². The van der Waals surface area contributed by atoms with Gasteiger partial charge in [-0.2, -0.15) is 0 Å². The van der Waals surface area contributed by atoms with Crippen LogP contribution in [0.1, 0.15) is 13.8 Å². The highest BCUT2D eigenvalue weighted by molar-refractivity contribution is 4.81. The SMILES string of the molecule is CC1(C)C[N+]1(C)C.[O-][Cl+3]([O-])([O-])[O-]. The molecule has 0 spiro atoms. The summed E-state index contributed by atoms with van der Waals surface area (Å²) < 4.78 is 35.2. The number of hydrogen-bond acceptors (Lipinski definition) is 4. The van der Waals surface area contributed by atoms with Crippen LogP contribution >= 0.6 is 0 Å². The molecule has 1 fully saturated rings. The molecule has 0 aromatic carbocycles. The van der Waals surface area contributed by atoms with E-state index < -0.39 is 10.2 Å². The average Bonchev–Trinajstić information content (AvgIpc) is 1.93. The van der Waals surface area contributed by atoms with Gasteiger partial charge in [0.2, 0.25) is 0 Å². The van der Waals surface area contributed by atoms with Crippen molar-refractivity contribution in [2.75, 3.05) is 20.6 Å². The minimum absolute atomic E-state index is 0.583. The molecule has 1 aliphatic rings. The van der Waals surface area contributed by atoms with E-state index >= 15 is 0 Å². The predicted molar refractivity (Wildman–Crippen MR) is 31.1 cm³/mol. The van der Waals surface area contributed by atoms with Gasteiger partial charge in [0.05, 0.1) is 14.1 Å². The van der Waals surface area contributed by atoms with Gasteiger partial charge in [0.25, 0.3) is 0 Å². The summed E-state index contributed by atoms with van der Waals surface area (Å²) in [6.45, 7) is 5.94. The fourth-order valence-corrected chi connectivity index (χ4v) is 0.932. The van der Waals surface area contributed by atoms with E-state index in [4.69, 9.17) is 18.6 Å². The highest BCUT2D eigenvalue weighted by Gasteiger charge is 2.55. The highest BCUT2D eigenvalue weighted by Crippen LogP contribution is 2.36. The number of nitrogens with zero attached hydrogens (tertiary/aromatic N) is 1. The van der Waals surface area contributed by atoms with E-state index in [2.05, 4.69) is 27.9 Å². The smallest absolute Gasteiger partial charge is 0.143 e. The largest absolute Gasteiger partial charge is 0.314 e. The van der Waals surface area contributed by atoms with Crippen molar-refractivity contribution in [1.82, 2.24) is 0 Å². The lowest BCUT2D eigenvalue weighted by Gasteiger charge is -2.17. The molecule has 0 bridgehead atoms. The Morgan fingerprint density at radius 3 is 1.17 bits per heavy atom. The van der Waals surface area contributed by atoms with Crippen molar-refractivity contribution in [1.29, 1.82) is 0 Å². The van der Waals surface area contributed by atoms with Crippen molar-refractivity contribution < 1.29 is 33.4 Å². The summed E-state index contributed by atoms with van der Waals surface area (Å²) >= 11 is 0. The van der Waals surface area contributed by atoms with E-state index in [0.29, 0.717) is 5.54 Å². The summed E-state index contributed by atoms with van der Waals surface area (Å²) in [5, 5.41) is 0. The first-order valence-corrected chi connectivity index (χ1v) is 4.64. The normalized spacial score (nSPS) is 24.0. The first-order valence-electron chi connectivity index (χ1n) is 3.41. The quantitative estimate of drug-likeness (QED) is 0.295. The zero-order chi connectivity index (χ0) is 10.2. The Hall–Kier alpha value is 0.0900. The van der Waals surface area contributed by atoms with Gasteiger partial charge in [-0.1, -0.05) is 0 Å². The van der Waals surface area contributed by atoms with Crippen LogP contribution in [0.3, 0.4) is 0 Å². The van der Waals surface area contributed by atoms with Crippen molar-refractivity contribution in [3.05, 3.63) is 0 Å². The van der Waals surface area contributed by atoms with Crippen LogP contribution in [0.15, 0.2) is 0 Å². The van der Waals surface area contributed by atoms with Crippen molar-refractivity contribution in [3.8, 4) is 0 Å². The maximum atomic E-state index is 8.49. The van der Waals surface area contributed by atoms with Gasteiger partial charge < -0.3 is 4.48 Å². The molecule has 0 amide bonds. The summed E-state index contributed by atoms with van der Waals surface area (Å²) in [4.78, 5) is 0. The molecule has 0 aromatic rings. The number of hydrogen-bond donors (Lipinski definition) is 0. The number of halogens is 1. The molecule has 1 heterocycles. The molecule has 0 aromatic heterocycles. The second-order valence-corrected chi connectivity index (χ2v) is 4.79. The molecule has 0 N–H and O–H groups in total. The number of likely N-dealkylation sites (N-methyl/N-ethyl adjacent to an activating group) is 1. The van der Waals surface area contributed by atoms with E-state index in [1.807, 2.05) is 0 Å². The Morgan fingerprint density at radius 2 is 1.17 bits per heavy atom. The minimum atomic E-state index is -4.94. The Kier molecular flexibility index (Phi) is 3.12. The maximum absolute atomic E-state index is 8.49. The molecule has 0 radical (unpaired) electrons. The van der Waals surface area contributed by atoms with E-state index in [0.717, 1.165) is 0 Å². The molecule has 74 valence electrons. The monoisotopic (exact) mass is 199 g/mol. The van der Waals surface area contributed by atoms with Crippen LogP contribution in [-0.2, 0) is 0 Å². The van der Waals surface area contributed by atoms with Crippen LogP contribution in [0.5, 0.6) is 0 Å². The fourth-order valence-electron chi connectivity index (χ4n) is 0.932. The van der Waals surface area contributed by atoms with Gasteiger partial charge in [-0.05, 0) is 13.8 Å². The number of rotatable bonds is 0. The van der Waals surface area contributed by atoms with Gasteiger partial charge in [0.1, 0.15) is 12.1 Å². The molecule has 0 saturated carbocycles. The van der Waals surface area contributed by atoms with Crippen LogP contribution in [-0.4, -0.2) is 30.7 Å². The van der Waals surface area contributed by atoms with E-state index in [-0.39, 0.29) is 0 Å². The Bertz CT molecular complexity index is 145. The lowest BCUT2D eigenvalue weighted by molar-refractivity contribution is -2.00. The van der Waals surface area contributed by atoms with E-state index in [9.17, 15) is 0 Å². The number of quaternary nitrogens is 1.